The number of carbonyl (C=O) groups is 1. The molecule has 1 amide bonds. The van der Waals surface area contributed by atoms with E-state index in [1.54, 1.807) is 0 Å². The molecule has 1 aliphatic heterocycles. The van der Waals surface area contributed by atoms with E-state index in [1.165, 1.54) is 22.5 Å². The van der Waals surface area contributed by atoms with Crippen molar-refractivity contribution in [2.45, 2.75) is 33.2 Å². The number of amides is 1. The molecule has 1 aliphatic rings. The Bertz CT molecular complexity index is 700. The summed E-state index contributed by atoms with van der Waals surface area (Å²) in [7, 11) is 2.09. The molecule has 0 saturated heterocycles. The molecule has 3 rings (SSSR count). The van der Waals surface area contributed by atoms with Crippen LogP contribution < -0.4 is 10.6 Å². The van der Waals surface area contributed by atoms with Gasteiger partial charge in [0.25, 0.3) is 0 Å². The molecular weight excluding hydrogens is 262 g/mol. The molecule has 110 valence electrons. The number of fused-ring (bicyclic) bond motifs is 1. The van der Waals surface area contributed by atoms with Crippen LogP contribution in [0.2, 0.25) is 0 Å². The van der Waals surface area contributed by atoms with Crippen molar-refractivity contribution in [3.63, 3.8) is 0 Å². The number of aryl methyl sites for hydroxylation is 2. The molecule has 4 heteroatoms. The molecule has 0 unspecified atom stereocenters. The van der Waals surface area contributed by atoms with E-state index in [9.17, 15) is 4.79 Å². The van der Waals surface area contributed by atoms with Crippen molar-refractivity contribution in [3.05, 3.63) is 46.8 Å². The number of nitrogens with one attached hydrogen (secondary N) is 2. The fraction of sp³-hybridized carbons (Fsp3) is 0.353. The Morgan fingerprint density at radius 2 is 2.05 bits per heavy atom. The minimum Gasteiger partial charge on any atom is -0.381 e. The summed E-state index contributed by atoms with van der Waals surface area (Å²) in [5, 5.41) is 6.39. The standard InChI is InChI=1S/C17H21N3O/c1-11-8-14(12(2)20(11)3)10-18-15-5-6-16-13(9-15)4-7-17(21)19-16/h5-6,8-9,18H,4,7,10H2,1-3H3,(H,19,21). The largest absolute Gasteiger partial charge is 0.381 e. The smallest absolute Gasteiger partial charge is 0.224 e. The van der Waals surface area contributed by atoms with E-state index >= 15 is 0 Å². The number of aromatic nitrogens is 1. The minimum absolute atomic E-state index is 0.110. The van der Waals surface area contributed by atoms with Gasteiger partial charge in [-0.3, -0.25) is 4.79 Å². The SMILES string of the molecule is Cc1cc(CNc2ccc3c(c2)CCC(=O)N3)c(C)n1C. The van der Waals surface area contributed by atoms with Gasteiger partial charge in [0, 0.05) is 42.8 Å². The van der Waals surface area contributed by atoms with Crippen molar-refractivity contribution in [1.82, 2.24) is 4.57 Å². The number of rotatable bonds is 3. The third kappa shape index (κ3) is 2.66. The van der Waals surface area contributed by atoms with Gasteiger partial charge in [-0.05, 0) is 55.7 Å². The second-order valence-corrected chi connectivity index (χ2v) is 5.73. The van der Waals surface area contributed by atoms with E-state index in [0.29, 0.717) is 6.42 Å². The number of hydrogen-bond donors (Lipinski definition) is 2. The summed E-state index contributed by atoms with van der Waals surface area (Å²) in [6.07, 6.45) is 1.40. The van der Waals surface area contributed by atoms with E-state index in [-0.39, 0.29) is 5.91 Å². The van der Waals surface area contributed by atoms with Crippen LogP contribution >= 0.6 is 0 Å². The highest BCUT2D eigenvalue weighted by atomic mass is 16.1. The summed E-state index contributed by atoms with van der Waals surface area (Å²) in [6, 6.07) is 8.37. The van der Waals surface area contributed by atoms with E-state index in [2.05, 4.69) is 48.2 Å². The molecule has 0 fully saturated rings. The molecular formula is C17H21N3O. The highest BCUT2D eigenvalue weighted by Crippen LogP contribution is 2.26. The second-order valence-electron chi connectivity index (χ2n) is 5.73. The van der Waals surface area contributed by atoms with E-state index in [4.69, 9.17) is 0 Å². The predicted octanol–water partition coefficient (Wildman–Crippen LogP) is 3.14. The molecule has 0 radical (unpaired) electrons. The van der Waals surface area contributed by atoms with Crippen LogP contribution in [0, 0.1) is 13.8 Å². The van der Waals surface area contributed by atoms with Gasteiger partial charge in [-0.15, -0.1) is 0 Å². The van der Waals surface area contributed by atoms with E-state index in [1.807, 2.05) is 12.1 Å². The zero-order chi connectivity index (χ0) is 15.0. The molecule has 21 heavy (non-hydrogen) atoms. The lowest BCUT2D eigenvalue weighted by atomic mass is 10.0. The summed E-state index contributed by atoms with van der Waals surface area (Å²) in [5.74, 6) is 0.110. The monoisotopic (exact) mass is 283 g/mol. The van der Waals surface area contributed by atoms with Crippen LogP contribution in [-0.2, 0) is 24.8 Å². The number of carbonyl (C=O) groups excluding carboxylic acids is 1. The molecule has 0 atom stereocenters. The quantitative estimate of drug-likeness (QED) is 0.909. The maximum absolute atomic E-state index is 11.4. The fourth-order valence-corrected chi connectivity index (χ4v) is 2.80. The Kier molecular flexibility index (Phi) is 3.45. The lowest BCUT2D eigenvalue weighted by Gasteiger charge is -2.18. The van der Waals surface area contributed by atoms with Crippen LogP contribution in [0.25, 0.3) is 0 Å². The first-order chi connectivity index (χ1) is 10.0. The molecule has 0 bridgehead atoms. The van der Waals surface area contributed by atoms with Crippen LogP contribution in [0.3, 0.4) is 0 Å². The number of anilines is 2. The molecule has 1 aromatic heterocycles. The van der Waals surface area contributed by atoms with Gasteiger partial charge in [-0.2, -0.15) is 0 Å². The van der Waals surface area contributed by atoms with E-state index < -0.39 is 0 Å². The van der Waals surface area contributed by atoms with E-state index in [0.717, 1.165) is 24.3 Å². The Hall–Kier alpha value is -2.23. The zero-order valence-corrected chi connectivity index (χ0v) is 12.8. The second kappa shape index (κ2) is 5.28. The third-order valence-corrected chi connectivity index (χ3v) is 4.36. The van der Waals surface area contributed by atoms with Crippen molar-refractivity contribution >= 4 is 17.3 Å². The lowest BCUT2D eigenvalue weighted by Crippen LogP contribution is -2.18. The normalized spacial score (nSPS) is 13.8. The first-order valence-corrected chi connectivity index (χ1v) is 7.33. The number of nitrogens with zero attached hydrogens (tertiary/aromatic N) is 1. The van der Waals surface area contributed by atoms with Crippen molar-refractivity contribution in [1.29, 1.82) is 0 Å². The van der Waals surface area contributed by atoms with Crippen molar-refractivity contribution in [3.8, 4) is 0 Å². The van der Waals surface area contributed by atoms with Gasteiger partial charge in [0.1, 0.15) is 0 Å². The van der Waals surface area contributed by atoms with Crippen molar-refractivity contribution < 1.29 is 4.79 Å². The van der Waals surface area contributed by atoms with Gasteiger partial charge in [0.15, 0.2) is 0 Å². The van der Waals surface area contributed by atoms with Gasteiger partial charge in [-0.1, -0.05) is 0 Å². The Labute approximate surface area is 125 Å². The number of benzene rings is 1. The molecule has 2 N–H and O–H groups in total. The molecule has 2 heterocycles. The van der Waals surface area contributed by atoms with Gasteiger partial charge in [0.05, 0.1) is 0 Å². The predicted molar refractivity (Wildman–Crippen MR) is 85.6 cm³/mol. The summed E-state index contributed by atoms with van der Waals surface area (Å²) in [6.45, 7) is 5.09. The first-order valence-electron chi connectivity index (χ1n) is 7.33. The summed E-state index contributed by atoms with van der Waals surface area (Å²) in [4.78, 5) is 11.4. The molecule has 0 saturated carbocycles. The minimum atomic E-state index is 0.110. The molecule has 4 nitrogen and oxygen atoms in total. The summed E-state index contributed by atoms with van der Waals surface area (Å²) >= 11 is 0. The summed E-state index contributed by atoms with van der Waals surface area (Å²) < 4.78 is 2.21. The molecule has 0 spiro atoms. The Morgan fingerprint density at radius 3 is 2.76 bits per heavy atom. The molecule has 2 aromatic rings. The third-order valence-electron chi connectivity index (χ3n) is 4.36. The van der Waals surface area contributed by atoms with Crippen LogP contribution in [0.4, 0.5) is 11.4 Å². The average Bonchev–Trinajstić information content (AvgIpc) is 2.72. The zero-order valence-electron chi connectivity index (χ0n) is 12.8. The van der Waals surface area contributed by atoms with Crippen LogP contribution in [0.15, 0.2) is 24.3 Å². The van der Waals surface area contributed by atoms with Crippen molar-refractivity contribution in [2.75, 3.05) is 10.6 Å². The average molecular weight is 283 g/mol. The highest BCUT2D eigenvalue weighted by molar-refractivity contribution is 5.94. The van der Waals surface area contributed by atoms with Crippen molar-refractivity contribution in [2.24, 2.45) is 7.05 Å². The van der Waals surface area contributed by atoms with Crippen LogP contribution in [0.1, 0.15) is 28.9 Å². The van der Waals surface area contributed by atoms with Crippen LogP contribution in [-0.4, -0.2) is 10.5 Å². The van der Waals surface area contributed by atoms with Gasteiger partial charge >= 0.3 is 0 Å². The Morgan fingerprint density at radius 1 is 1.24 bits per heavy atom. The number of hydrogen-bond acceptors (Lipinski definition) is 2. The first kappa shape index (κ1) is 13.7. The Balaban J connectivity index is 1.74. The molecule has 1 aromatic carbocycles. The van der Waals surface area contributed by atoms with Gasteiger partial charge < -0.3 is 15.2 Å². The molecule has 0 aliphatic carbocycles. The lowest BCUT2D eigenvalue weighted by molar-refractivity contribution is -0.116. The topological polar surface area (TPSA) is 46.1 Å². The van der Waals surface area contributed by atoms with Gasteiger partial charge in [0.2, 0.25) is 5.91 Å². The van der Waals surface area contributed by atoms with Gasteiger partial charge in [-0.25, -0.2) is 0 Å². The maximum atomic E-state index is 11.4. The van der Waals surface area contributed by atoms with Crippen LogP contribution in [0.5, 0.6) is 0 Å². The maximum Gasteiger partial charge on any atom is 0.224 e. The highest BCUT2D eigenvalue weighted by Gasteiger charge is 2.14. The summed E-state index contributed by atoms with van der Waals surface area (Å²) in [5.41, 5.74) is 7.15. The fourth-order valence-electron chi connectivity index (χ4n) is 2.80.